The van der Waals surface area contributed by atoms with Gasteiger partial charge in [-0.2, -0.15) is 0 Å². The smallest absolute Gasteiger partial charge is 0.352 e. The molecule has 3 atom stereocenters. The third kappa shape index (κ3) is 2.59. The van der Waals surface area contributed by atoms with E-state index in [9.17, 15) is 19.8 Å². The van der Waals surface area contributed by atoms with E-state index in [1.807, 2.05) is 24.3 Å². The van der Waals surface area contributed by atoms with Crippen LogP contribution in [0.2, 0.25) is 0 Å². The van der Waals surface area contributed by atoms with Gasteiger partial charge in [0, 0.05) is 18.8 Å². The minimum atomic E-state index is -1.10. The molecule has 2 fully saturated rings. The number of carboxylic acids is 1. The molecule has 1 amide bonds. The molecule has 3 heterocycles. The number of carbonyl (C=O) groups is 2. The largest absolute Gasteiger partial charge is 0.477 e. The second-order valence-electron chi connectivity index (χ2n) is 7.02. The molecule has 0 bridgehead atoms. The highest BCUT2D eigenvalue weighted by Gasteiger charge is 2.56. The Labute approximate surface area is 151 Å². The van der Waals surface area contributed by atoms with Crippen LogP contribution in [0.5, 0.6) is 0 Å². The van der Waals surface area contributed by atoms with Gasteiger partial charge in [-0.3, -0.25) is 4.79 Å². The van der Waals surface area contributed by atoms with Crippen molar-refractivity contribution in [1.29, 1.82) is 0 Å². The van der Waals surface area contributed by atoms with Gasteiger partial charge in [-0.25, -0.2) is 4.79 Å². The normalized spacial score (nSPS) is 26.6. The summed E-state index contributed by atoms with van der Waals surface area (Å²) in [6.07, 6.45) is -0.318. The molecule has 26 heavy (non-hydrogen) atoms. The van der Waals surface area contributed by atoms with Gasteiger partial charge in [0.05, 0.1) is 31.3 Å². The summed E-state index contributed by atoms with van der Waals surface area (Å²) in [5.74, 6) is -1.92. The number of benzene rings is 1. The molecule has 7 nitrogen and oxygen atoms in total. The van der Waals surface area contributed by atoms with Gasteiger partial charge >= 0.3 is 5.97 Å². The van der Waals surface area contributed by atoms with E-state index in [-0.39, 0.29) is 17.6 Å². The first-order valence-electron chi connectivity index (χ1n) is 8.89. The fourth-order valence-electron chi connectivity index (χ4n) is 4.22. The van der Waals surface area contributed by atoms with Crippen molar-refractivity contribution in [2.75, 3.05) is 31.2 Å². The lowest BCUT2D eigenvalue weighted by Gasteiger charge is -2.44. The lowest BCUT2D eigenvalue weighted by molar-refractivity contribution is -0.161. The number of amides is 1. The number of fused-ring (bicyclic) bond motifs is 1. The number of carbonyl (C=O) groups excluding carboxylic acids is 1. The van der Waals surface area contributed by atoms with Gasteiger partial charge in [-0.15, -0.1) is 0 Å². The Kier molecular flexibility index (Phi) is 4.20. The third-order valence-corrected chi connectivity index (χ3v) is 5.52. The molecule has 7 heteroatoms. The molecule has 138 valence electrons. The van der Waals surface area contributed by atoms with E-state index in [0.29, 0.717) is 25.2 Å². The van der Waals surface area contributed by atoms with E-state index >= 15 is 0 Å². The Morgan fingerprint density at radius 1 is 1.23 bits per heavy atom. The Hall–Kier alpha value is -2.38. The van der Waals surface area contributed by atoms with Gasteiger partial charge in [-0.05, 0) is 36.6 Å². The van der Waals surface area contributed by atoms with Crippen molar-refractivity contribution in [3.8, 4) is 0 Å². The van der Waals surface area contributed by atoms with Gasteiger partial charge in [0.2, 0.25) is 5.91 Å². The quantitative estimate of drug-likeness (QED) is 0.779. The number of aliphatic carboxylic acids is 1. The van der Waals surface area contributed by atoms with E-state index in [4.69, 9.17) is 4.74 Å². The van der Waals surface area contributed by atoms with Gasteiger partial charge in [0.25, 0.3) is 0 Å². The first-order valence-corrected chi connectivity index (χ1v) is 8.89. The first kappa shape index (κ1) is 17.1. The van der Waals surface area contributed by atoms with Gasteiger partial charge in [0.15, 0.2) is 0 Å². The van der Waals surface area contributed by atoms with E-state index < -0.39 is 18.0 Å². The number of ether oxygens (including phenoxy) is 1. The molecule has 0 aromatic heterocycles. The van der Waals surface area contributed by atoms with Crippen molar-refractivity contribution in [1.82, 2.24) is 4.90 Å². The maximum Gasteiger partial charge on any atom is 0.352 e. The highest BCUT2D eigenvalue weighted by atomic mass is 16.5. The van der Waals surface area contributed by atoms with Gasteiger partial charge in [0.1, 0.15) is 5.70 Å². The molecule has 2 saturated heterocycles. The molecule has 2 N–H and O–H groups in total. The zero-order valence-corrected chi connectivity index (χ0v) is 14.6. The molecule has 0 unspecified atom stereocenters. The molecule has 0 radical (unpaired) electrons. The fourth-order valence-corrected chi connectivity index (χ4v) is 4.22. The molecule has 0 aliphatic carbocycles. The van der Waals surface area contributed by atoms with Crippen LogP contribution in [0, 0.1) is 5.92 Å². The lowest BCUT2D eigenvalue weighted by Crippen LogP contribution is -2.61. The molecular formula is C19H22N2O5. The number of aliphatic hydroxyl groups is 1. The molecule has 4 rings (SSSR count). The Morgan fingerprint density at radius 2 is 1.88 bits per heavy atom. The topological polar surface area (TPSA) is 90.3 Å². The highest BCUT2D eigenvalue weighted by molar-refractivity contribution is 6.06. The number of hydrogen-bond acceptors (Lipinski definition) is 5. The molecule has 0 saturated carbocycles. The minimum Gasteiger partial charge on any atom is -0.477 e. The van der Waals surface area contributed by atoms with Crippen LogP contribution in [0.1, 0.15) is 18.9 Å². The monoisotopic (exact) mass is 358 g/mol. The molecule has 0 spiro atoms. The zero-order chi connectivity index (χ0) is 18.4. The molecule has 3 aliphatic heterocycles. The second-order valence-corrected chi connectivity index (χ2v) is 7.02. The summed E-state index contributed by atoms with van der Waals surface area (Å²) >= 11 is 0. The highest BCUT2D eigenvalue weighted by Crippen LogP contribution is 2.47. The second kappa shape index (κ2) is 6.41. The minimum absolute atomic E-state index is 0.0519. The summed E-state index contributed by atoms with van der Waals surface area (Å²) in [5, 5.41) is 19.5. The Balaban J connectivity index is 1.62. The molecule has 1 aromatic carbocycles. The molecule has 3 aliphatic rings. The number of β-lactam (4-membered cyclic amide) rings is 1. The van der Waals surface area contributed by atoms with Crippen molar-refractivity contribution < 1.29 is 24.5 Å². The summed E-state index contributed by atoms with van der Waals surface area (Å²) in [5.41, 5.74) is 2.60. The standard InChI is InChI=1S/C19H22N2O5/c1-11(22)16-15-10-14(17(19(24)25)21(15)18(16)23)12-2-4-13(5-3-12)20-6-8-26-9-7-20/h2-5,11,15-16,22H,6-10H2,1H3,(H,24,25)/t11-,15-,16-/m1/s1. The van der Waals surface area contributed by atoms with Crippen LogP contribution in [0.25, 0.3) is 5.57 Å². The van der Waals surface area contributed by atoms with Crippen molar-refractivity contribution >= 4 is 23.1 Å². The van der Waals surface area contributed by atoms with Crippen LogP contribution in [-0.4, -0.2) is 65.4 Å². The predicted octanol–water partition coefficient (Wildman–Crippen LogP) is 0.930. The SMILES string of the molecule is C[C@@H](O)[C@H]1C(=O)N2C(C(=O)O)=C(c3ccc(N4CCOCC4)cc3)C[C@H]12. The van der Waals surface area contributed by atoms with Crippen LogP contribution in [0.3, 0.4) is 0 Å². The number of morpholine rings is 1. The number of anilines is 1. The summed E-state index contributed by atoms with van der Waals surface area (Å²) in [4.78, 5) is 27.6. The van der Waals surface area contributed by atoms with Crippen LogP contribution >= 0.6 is 0 Å². The number of nitrogens with zero attached hydrogens (tertiary/aromatic N) is 2. The predicted molar refractivity (Wildman–Crippen MR) is 94.5 cm³/mol. The summed E-state index contributed by atoms with van der Waals surface area (Å²) < 4.78 is 5.36. The summed E-state index contributed by atoms with van der Waals surface area (Å²) in [6, 6.07) is 7.53. The van der Waals surface area contributed by atoms with Gasteiger partial charge in [-0.1, -0.05) is 12.1 Å². The van der Waals surface area contributed by atoms with Crippen LogP contribution in [-0.2, 0) is 14.3 Å². The summed E-state index contributed by atoms with van der Waals surface area (Å²) in [7, 11) is 0. The van der Waals surface area contributed by atoms with Gasteiger partial charge < -0.3 is 24.7 Å². The maximum absolute atomic E-state index is 12.3. The Morgan fingerprint density at radius 3 is 2.46 bits per heavy atom. The number of carboxylic acid groups (broad SMARTS) is 1. The lowest BCUT2D eigenvalue weighted by atomic mass is 9.82. The van der Waals surface area contributed by atoms with E-state index in [1.54, 1.807) is 6.92 Å². The van der Waals surface area contributed by atoms with E-state index in [1.165, 1.54) is 4.90 Å². The van der Waals surface area contributed by atoms with Crippen LogP contribution in [0.15, 0.2) is 30.0 Å². The first-order chi connectivity index (χ1) is 12.5. The van der Waals surface area contributed by atoms with Crippen molar-refractivity contribution in [2.45, 2.75) is 25.5 Å². The number of hydrogen-bond donors (Lipinski definition) is 2. The number of rotatable bonds is 4. The van der Waals surface area contributed by atoms with Crippen molar-refractivity contribution in [3.05, 3.63) is 35.5 Å². The van der Waals surface area contributed by atoms with E-state index in [0.717, 1.165) is 24.3 Å². The van der Waals surface area contributed by atoms with Crippen molar-refractivity contribution in [2.24, 2.45) is 5.92 Å². The van der Waals surface area contributed by atoms with E-state index in [2.05, 4.69) is 4.90 Å². The maximum atomic E-state index is 12.3. The van der Waals surface area contributed by atoms with Crippen molar-refractivity contribution in [3.63, 3.8) is 0 Å². The average molecular weight is 358 g/mol. The fraction of sp³-hybridized carbons (Fsp3) is 0.474. The summed E-state index contributed by atoms with van der Waals surface area (Å²) in [6.45, 7) is 4.66. The number of aliphatic hydroxyl groups excluding tert-OH is 1. The van der Waals surface area contributed by atoms with Crippen LogP contribution in [0.4, 0.5) is 5.69 Å². The Bertz CT molecular complexity index is 765. The van der Waals surface area contributed by atoms with Crippen LogP contribution < -0.4 is 4.90 Å². The third-order valence-electron chi connectivity index (χ3n) is 5.52. The molecular weight excluding hydrogens is 336 g/mol. The average Bonchev–Trinajstić information content (AvgIpc) is 2.97. The zero-order valence-electron chi connectivity index (χ0n) is 14.6. The molecule has 1 aromatic rings.